The third-order valence-electron chi connectivity index (χ3n) is 5.43. The zero-order chi connectivity index (χ0) is 18.9. The van der Waals surface area contributed by atoms with Gasteiger partial charge in [-0.25, -0.2) is 9.48 Å². The van der Waals surface area contributed by atoms with E-state index >= 15 is 0 Å². The number of methoxy groups -OCH3 is 1. The Hall–Kier alpha value is -2.12. The zero-order valence-corrected chi connectivity index (χ0v) is 15.8. The maximum Gasteiger partial charge on any atom is 0.345 e. The van der Waals surface area contributed by atoms with Crippen molar-refractivity contribution in [1.29, 1.82) is 0 Å². The van der Waals surface area contributed by atoms with Crippen molar-refractivity contribution in [1.82, 2.24) is 19.7 Å². The van der Waals surface area contributed by atoms with Crippen molar-refractivity contribution >= 4 is 11.9 Å². The minimum absolute atomic E-state index is 0.0603. The van der Waals surface area contributed by atoms with Crippen LogP contribution in [-0.4, -0.2) is 39.4 Å². The summed E-state index contributed by atoms with van der Waals surface area (Å²) in [6, 6.07) is -0.0603. The van der Waals surface area contributed by atoms with Crippen LogP contribution in [0.15, 0.2) is 4.79 Å². The van der Waals surface area contributed by atoms with Crippen molar-refractivity contribution in [3.63, 3.8) is 0 Å². The van der Waals surface area contributed by atoms with E-state index in [-0.39, 0.29) is 17.6 Å². The maximum absolute atomic E-state index is 12.5. The molecule has 1 amide bonds. The van der Waals surface area contributed by atoms with E-state index in [1.807, 2.05) is 0 Å². The molecule has 8 nitrogen and oxygen atoms in total. The van der Waals surface area contributed by atoms with Crippen molar-refractivity contribution in [2.45, 2.75) is 71.5 Å². The quantitative estimate of drug-likeness (QED) is 0.597. The molecule has 144 valence electrons. The number of carbonyl (C=O) groups excluding carboxylic acids is 2. The predicted octanol–water partition coefficient (Wildman–Crippen LogP) is 0.865. The van der Waals surface area contributed by atoms with Crippen molar-refractivity contribution in [2.24, 2.45) is 11.3 Å². The Balaban J connectivity index is 1.62. The first-order valence-electron chi connectivity index (χ1n) is 9.43. The molecule has 8 heteroatoms. The largest absolute Gasteiger partial charge is 0.468 e. The van der Waals surface area contributed by atoms with Crippen LogP contribution in [0.5, 0.6) is 0 Å². The minimum atomic E-state index is -0.988. The Kier molecular flexibility index (Phi) is 5.20. The number of hydrogen-bond donors (Lipinski definition) is 1. The van der Waals surface area contributed by atoms with E-state index in [0.717, 1.165) is 12.2 Å². The Labute approximate surface area is 152 Å². The second-order valence-corrected chi connectivity index (χ2v) is 7.83. The summed E-state index contributed by atoms with van der Waals surface area (Å²) in [5, 5.41) is 7.46. The van der Waals surface area contributed by atoms with Crippen LogP contribution in [0.2, 0.25) is 0 Å². The van der Waals surface area contributed by atoms with E-state index in [1.54, 1.807) is 9.25 Å². The van der Waals surface area contributed by atoms with Gasteiger partial charge in [0.05, 0.1) is 7.11 Å². The predicted molar refractivity (Wildman–Crippen MR) is 94.5 cm³/mol. The van der Waals surface area contributed by atoms with Crippen LogP contribution in [0, 0.1) is 11.3 Å². The Bertz CT molecular complexity index is 745. The van der Waals surface area contributed by atoms with Gasteiger partial charge in [0.15, 0.2) is 0 Å². The van der Waals surface area contributed by atoms with Crippen LogP contribution in [-0.2, 0) is 33.8 Å². The molecule has 0 spiro atoms. The third kappa shape index (κ3) is 3.54. The number of fused-ring (bicyclic) bond motifs is 1. The molecule has 1 atom stereocenters. The molecule has 1 fully saturated rings. The Morgan fingerprint density at radius 3 is 2.69 bits per heavy atom. The number of carbonyl (C=O) groups is 2. The molecule has 2 aliphatic rings. The van der Waals surface area contributed by atoms with E-state index < -0.39 is 11.4 Å². The zero-order valence-electron chi connectivity index (χ0n) is 15.8. The first-order valence-corrected chi connectivity index (χ1v) is 9.43. The summed E-state index contributed by atoms with van der Waals surface area (Å²) in [5.74, 6) is 0.602. The van der Waals surface area contributed by atoms with Crippen molar-refractivity contribution in [3.05, 3.63) is 16.3 Å². The van der Waals surface area contributed by atoms with Gasteiger partial charge in [-0.2, -0.15) is 5.10 Å². The molecule has 0 aromatic carbocycles. The molecule has 2 heterocycles. The summed E-state index contributed by atoms with van der Waals surface area (Å²) in [6.07, 6.45) is 4.01. The Morgan fingerprint density at radius 1 is 1.35 bits per heavy atom. The molecule has 1 aliphatic carbocycles. The standard InChI is InChI=1S/C18H28N4O4/c1-12(2)6-11-22-17(25)21-10-7-13(4-5-14(21)20-22)19-15(23)18(8-9-18)16(24)26-3/h12-13H,4-11H2,1-3H3,(H,19,23). The molecule has 1 aromatic rings. The molecule has 0 bridgehead atoms. The second kappa shape index (κ2) is 7.25. The molecule has 0 radical (unpaired) electrons. The first kappa shape index (κ1) is 18.7. The number of rotatable bonds is 6. The second-order valence-electron chi connectivity index (χ2n) is 7.83. The van der Waals surface area contributed by atoms with Gasteiger partial charge in [0, 0.05) is 25.6 Å². The summed E-state index contributed by atoms with van der Waals surface area (Å²) < 4.78 is 8.04. The molecule has 26 heavy (non-hydrogen) atoms. The lowest BCUT2D eigenvalue weighted by Gasteiger charge is -2.19. The SMILES string of the molecule is COC(=O)C1(C(=O)NC2CCc3nn(CCC(C)C)c(=O)n3CC2)CC1. The van der Waals surface area contributed by atoms with Crippen LogP contribution in [0.1, 0.15) is 51.8 Å². The number of ether oxygens (including phenoxy) is 1. The maximum atomic E-state index is 12.5. The number of aromatic nitrogens is 3. The number of nitrogens with zero attached hydrogens (tertiary/aromatic N) is 3. The van der Waals surface area contributed by atoms with Crippen LogP contribution >= 0.6 is 0 Å². The lowest BCUT2D eigenvalue weighted by molar-refractivity contribution is -0.152. The number of amides is 1. The van der Waals surface area contributed by atoms with Crippen LogP contribution in [0.4, 0.5) is 0 Å². The average Bonchev–Trinajstić information content (AvgIpc) is 3.39. The smallest absolute Gasteiger partial charge is 0.345 e. The van der Waals surface area contributed by atoms with Gasteiger partial charge in [0.1, 0.15) is 11.2 Å². The van der Waals surface area contributed by atoms with Crippen molar-refractivity contribution in [3.8, 4) is 0 Å². The van der Waals surface area contributed by atoms with E-state index in [2.05, 4.69) is 24.3 Å². The van der Waals surface area contributed by atoms with E-state index in [0.29, 0.717) is 51.1 Å². The van der Waals surface area contributed by atoms with E-state index in [1.165, 1.54) is 7.11 Å². The summed E-state index contributed by atoms with van der Waals surface area (Å²) in [4.78, 5) is 36.8. The van der Waals surface area contributed by atoms with E-state index in [4.69, 9.17) is 4.74 Å². The lowest BCUT2D eigenvalue weighted by Crippen LogP contribution is -2.43. The van der Waals surface area contributed by atoms with Gasteiger partial charge in [0.2, 0.25) is 5.91 Å². The van der Waals surface area contributed by atoms with Gasteiger partial charge in [0.25, 0.3) is 0 Å². The van der Waals surface area contributed by atoms with E-state index in [9.17, 15) is 14.4 Å². The van der Waals surface area contributed by atoms with Crippen LogP contribution in [0.3, 0.4) is 0 Å². The van der Waals surface area contributed by atoms with Gasteiger partial charge in [-0.3, -0.25) is 14.2 Å². The van der Waals surface area contributed by atoms with Crippen LogP contribution in [0.25, 0.3) is 0 Å². The highest BCUT2D eigenvalue weighted by Crippen LogP contribution is 2.47. The van der Waals surface area contributed by atoms with Gasteiger partial charge in [-0.15, -0.1) is 0 Å². The highest BCUT2D eigenvalue weighted by molar-refractivity contribution is 6.05. The molecule has 1 aliphatic heterocycles. The molecule has 1 saturated carbocycles. The Morgan fingerprint density at radius 2 is 2.08 bits per heavy atom. The lowest BCUT2D eigenvalue weighted by atomic mass is 10.0. The fraction of sp³-hybridized carbons (Fsp3) is 0.778. The topological polar surface area (TPSA) is 95.2 Å². The van der Waals surface area contributed by atoms with Gasteiger partial charge >= 0.3 is 11.7 Å². The van der Waals surface area contributed by atoms with Gasteiger partial charge < -0.3 is 10.1 Å². The fourth-order valence-corrected chi connectivity index (χ4v) is 3.47. The van der Waals surface area contributed by atoms with Gasteiger partial charge in [-0.05, 0) is 38.0 Å². The molecule has 1 unspecified atom stereocenters. The molecule has 0 saturated heterocycles. The molecule has 1 aromatic heterocycles. The number of aryl methyl sites for hydroxylation is 2. The van der Waals surface area contributed by atoms with Crippen molar-refractivity contribution in [2.75, 3.05) is 7.11 Å². The first-order chi connectivity index (χ1) is 12.4. The highest BCUT2D eigenvalue weighted by Gasteiger charge is 2.58. The number of esters is 1. The molecular weight excluding hydrogens is 336 g/mol. The third-order valence-corrected chi connectivity index (χ3v) is 5.43. The summed E-state index contributed by atoms with van der Waals surface area (Å²) in [6.45, 7) is 5.42. The average molecular weight is 364 g/mol. The number of hydrogen-bond acceptors (Lipinski definition) is 5. The summed E-state index contributed by atoms with van der Waals surface area (Å²) in [7, 11) is 1.31. The summed E-state index contributed by atoms with van der Waals surface area (Å²) in [5.41, 5.74) is -1.06. The molecule has 1 N–H and O–H groups in total. The monoisotopic (exact) mass is 364 g/mol. The highest BCUT2D eigenvalue weighted by atomic mass is 16.5. The minimum Gasteiger partial charge on any atom is -0.468 e. The summed E-state index contributed by atoms with van der Waals surface area (Å²) >= 11 is 0. The number of nitrogens with one attached hydrogen (secondary N) is 1. The van der Waals surface area contributed by atoms with Crippen molar-refractivity contribution < 1.29 is 14.3 Å². The normalized spacial score (nSPS) is 21.0. The van der Waals surface area contributed by atoms with Crippen LogP contribution < -0.4 is 11.0 Å². The molecular formula is C18H28N4O4. The van der Waals surface area contributed by atoms with Gasteiger partial charge in [-0.1, -0.05) is 13.8 Å². The molecule has 3 rings (SSSR count). The fourth-order valence-electron chi connectivity index (χ4n) is 3.47.